The van der Waals surface area contributed by atoms with Crippen LogP contribution >= 0.6 is 0 Å². The zero-order valence-electron chi connectivity index (χ0n) is 12.8. The van der Waals surface area contributed by atoms with Crippen molar-refractivity contribution in [1.82, 2.24) is 0 Å². The van der Waals surface area contributed by atoms with E-state index in [1.807, 2.05) is 0 Å². The average molecular weight is 319 g/mol. The van der Waals surface area contributed by atoms with Crippen LogP contribution in [0, 0.1) is 5.82 Å². The number of ether oxygens (including phenoxy) is 1. The van der Waals surface area contributed by atoms with Gasteiger partial charge in [0.15, 0.2) is 6.10 Å². The number of hydrogen-bond acceptors (Lipinski definition) is 4. The second-order valence-corrected chi connectivity index (χ2v) is 5.09. The normalized spacial score (nSPS) is 13.2. The van der Waals surface area contributed by atoms with E-state index in [0.717, 1.165) is 0 Å². The molecule has 2 aromatic rings. The fourth-order valence-corrected chi connectivity index (χ4v) is 2.41. The molecule has 2 N–H and O–H groups in total. The average Bonchev–Trinajstić information content (AvgIpc) is 2.55. The summed E-state index contributed by atoms with van der Waals surface area (Å²) >= 11 is 0. The molecule has 0 aromatic heterocycles. The third kappa shape index (κ3) is 3.78. The highest BCUT2D eigenvalue weighted by molar-refractivity contribution is 5.74. The lowest BCUT2D eigenvalue weighted by Gasteiger charge is -2.32. The summed E-state index contributed by atoms with van der Waals surface area (Å²) in [4.78, 5) is 12.8. The molecule has 5 nitrogen and oxygen atoms in total. The highest BCUT2D eigenvalue weighted by Gasteiger charge is 2.31. The predicted molar refractivity (Wildman–Crippen MR) is 84.2 cm³/mol. The fourth-order valence-electron chi connectivity index (χ4n) is 2.41. The van der Waals surface area contributed by atoms with Crippen molar-refractivity contribution < 1.29 is 24.1 Å². The zero-order valence-corrected chi connectivity index (χ0v) is 12.8. The van der Waals surface area contributed by atoms with Crippen LogP contribution in [0.15, 0.2) is 48.5 Å². The van der Waals surface area contributed by atoms with Gasteiger partial charge in [-0.3, -0.25) is 0 Å². The molecule has 2 aromatic carbocycles. The molecule has 6 heteroatoms. The second kappa shape index (κ2) is 7.11. The van der Waals surface area contributed by atoms with E-state index < -0.39 is 23.9 Å². The van der Waals surface area contributed by atoms with Crippen molar-refractivity contribution in [1.29, 1.82) is 0 Å². The molecule has 0 fully saturated rings. The van der Waals surface area contributed by atoms with Crippen molar-refractivity contribution in [2.45, 2.75) is 12.1 Å². The Kier molecular flexibility index (Phi) is 5.18. The van der Waals surface area contributed by atoms with E-state index in [2.05, 4.69) is 0 Å². The minimum absolute atomic E-state index is 0.437. The minimum Gasteiger partial charge on any atom is -0.497 e. The third-order valence-electron chi connectivity index (χ3n) is 3.64. The van der Waals surface area contributed by atoms with Crippen LogP contribution in [0.2, 0.25) is 0 Å². The molecule has 0 bridgehead atoms. The van der Waals surface area contributed by atoms with Crippen LogP contribution in [0.5, 0.6) is 5.75 Å². The second-order valence-electron chi connectivity index (χ2n) is 5.09. The van der Waals surface area contributed by atoms with Crippen molar-refractivity contribution in [3.63, 3.8) is 0 Å². The van der Waals surface area contributed by atoms with Crippen LogP contribution in [0.4, 0.5) is 10.1 Å². The molecule has 0 aliphatic heterocycles. The summed E-state index contributed by atoms with van der Waals surface area (Å²) in [6.45, 7) is 0. The quantitative estimate of drug-likeness (QED) is 0.856. The molecule has 23 heavy (non-hydrogen) atoms. The first-order valence-corrected chi connectivity index (χ1v) is 6.97. The molecule has 0 saturated carbocycles. The van der Waals surface area contributed by atoms with Crippen LogP contribution in [-0.4, -0.2) is 36.4 Å². The Morgan fingerprint density at radius 1 is 1.22 bits per heavy atom. The Bertz CT molecular complexity index is 675. The van der Waals surface area contributed by atoms with Crippen molar-refractivity contribution in [2.75, 3.05) is 19.1 Å². The van der Waals surface area contributed by atoms with E-state index >= 15 is 0 Å². The summed E-state index contributed by atoms with van der Waals surface area (Å²) in [5, 5.41) is 19.3. The highest BCUT2D eigenvalue weighted by atomic mass is 19.1. The molecule has 122 valence electrons. The van der Waals surface area contributed by atoms with Crippen LogP contribution in [0.3, 0.4) is 0 Å². The van der Waals surface area contributed by atoms with E-state index in [0.29, 0.717) is 17.0 Å². The molecule has 0 saturated heterocycles. The van der Waals surface area contributed by atoms with Crippen LogP contribution < -0.4 is 9.64 Å². The van der Waals surface area contributed by atoms with Gasteiger partial charge in [-0.2, -0.15) is 0 Å². The summed E-state index contributed by atoms with van der Waals surface area (Å²) in [7, 11) is 3.13. The smallest absolute Gasteiger partial charge is 0.335 e. The van der Waals surface area contributed by atoms with Crippen LogP contribution in [-0.2, 0) is 4.79 Å². The van der Waals surface area contributed by atoms with E-state index in [1.54, 1.807) is 37.4 Å². The van der Waals surface area contributed by atoms with E-state index in [4.69, 9.17) is 4.74 Å². The van der Waals surface area contributed by atoms with E-state index in [1.165, 1.54) is 30.2 Å². The first-order chi connectivity index (χ1) is 10.9. The Labute approximate surface area is 133 Å². The number of carboxylic acids is 1. The molecule has 0 aliphatic rings. The molecule has 2 rings (SSSR count). The van der Waals surface area contributed by atoms with Crippen molar-refractivity contribution in [3.8, 4) is 5.75 Å². The van der Waals surface area contributed by atoms with Gasteiger partial charge in [0.2, 0.25) is 0 Å². The number of anilines is 1. The lowest BCUT2D eigenvalue weighted by Crippen LogP contribution is -2.38. The minimum atomic E-state index is -1.67. The molecule has 2 atom stereocenters. The number of methoxy groups -OCH3 is 1. The first kappa shape index (κ1) is 16.8. The number of rotatable bonds is 6. The Balaban J connectivity index is 2.42. The molecule has 0 aliphatic carbocycles. The van der Waals surface area contributed by atoms with Gasteiger partial charge in [-0.05, 0) is 35.9 Å². The SMILES string of the molecule is COc1ccc(C(C(O)C(=O)O)N(C)c2cccc(F)c2)cc1. The number of carboxylic acid groups (broad SMARTS) is 1. The Morgan fingerprint density at radius 2 is 1.87 bits per heavy atom. The largest absolute Gasteiger partial charge is 0.497 e. The fraction of sp³-hybridized carbons (Fsp3) is 0.235. The Hall–Kier alpha value is -2.60. The van der Waals surface area contributed by atoms with E-state index in [-0.39, 0.29) is 0 Å². The van der Waals surface area contributed by atoms with Gasteiger partial charge in [0.1, 0.15) is 11.6 Å². The molecule has 0 heterocycles. The number of likely N-dealkylation sites (N-methyl/N-ethyl adjacent to an activating group) is 1. The van der Waals surface area contributed by atoms with Gasteiger partial charge < -0.3 is 19.8 Å². The van der Waals surface area contributed by atoms with Gasteiger partial charge in [0.05, 0.1) is 13.2 Å². The summed E-state index contributed by atoms with van der Waals surface area (Å²) < 4.78 is 18.5. The standard InChI is InChI=1S/C17H18FNO4/c1-19(13-5-3-4-12(18)10-13)15(16(20)17(21)22)11-6-8-14(23-2)9-7-11/h3-10,15-16,20H,1-2H3,(H,21,22). The maximum absolute atomic E-state index is 13.4. The maximum atomic E-state index is 13.4. The number of aliphatic hydroxyl groups excluding tert-OH is 1. The molecule has 0 spiro atoms. The lowest BCUT2D eigenvalue weighted by atomic mass is 9.99. The number of aliphatic hydroxyl groups is 1. The zero-order chi connectivity index (χ0) is 17.0. The monoisotopic (exact) mass is 319 g/mol. The van der Waals surface area contributed by atoms with Gasteiger partial charge in [0.25, 0.3) is 0 Å². The topological polar surface area (TPSA) is 70.0 Å². The van der Waals surface area contributed by atoms with Gasteiger partial charge in [-0.15, -0.1) is 0 Å². The summed E-state index contributed by atoms with van der Waals surface area (Å²) in [6, 6.07) is 11.6. The lowest BCUT2D eigenvalue weighted by molar-refractivity contribution is -0.147. The summed E-state index contributed by atoms with van der Waals surface area (Å²) in [6.07, 6.45) is -1.67. The molecular weight excluding hydrogens is 301 g/mol. The van der Waals surface area contributed by atoms with E-state index in [9.17, 15) is 19.4 Å². The van der Waals surface area contributed by atoms with Gasteiger partial charge >= 0.3 is 5.97 Å². The van der Waals surface area contributed by atoms with Crippen molar-refractivity contribution in [2.24, 2.45) is 0 Å². The van der Waals surface area contributed by atoms with Crippen molar-refractivity contribution >= 4 is 11.7 Å². The first-order valence-electron chi connectivity index (χ1n) is 6.97. The number of nitrogens with zero attached hydrogens (tertiary/aromatic N) is 1. The number of hydrogen-bond donors (Lipinski definition) is 2. The number of benzene rings is 2. The van der Waals surface area contributed by atoms with Gasteiger partial charge in [-0.1, -0.05) is 18.2 Å². The van der Waals surface area contributed by atoms with Gasteiger partial charge in [0, 0.05) is 12.7 Å². The van der Waals surface area contributed by atoms with Crippen molar-refractivity contribution in [3.05, 3.63) is 59.9 Å². The number of halogens is 1. The summed E-state index contributed by atoms with van der Waals surface area (Å²) in [5.74, 6) is -1.17. The Morgan fingerprint density at radius 3 is 2.39 bits per heavy atom. The molecule has 0 amide bonds. The molecular formula is C17H18FNO4. The number of aliphatic carboxylic acids is 1. The highest BCUT2D eigenvalue weighted by Crippen LogP contribution is 2.30. The van der Waals surface area contributed by atoms with Crippen LogP contribution in [0.25, 0.3) is 0 Å². The number of carbonyl (C=O) groups is 1. The van der Waals surface area contributed by atoms with Gasteiger partial charge in [-0.25, -0.2) is 9.18 Å². The maximum Gasteiger partial charge on any atom is 0.335 e. The predicted octanol–water partition coefficient (Wildman–Crippen LogP) is 2.46. The third-order valence-corrected chi connectivity index (χ3v) is 3.64. The van der Waals surface area contributed by atoms with Crippen LogP contribution in [0.1, 0.15) is 11.6 Å². The molecule has 0 radical (unpaired) electrons. The summed E-state index contributed by atoms with van der Waals surface area (Å²) in [5.41, 5.74) is 1.04. The molecule has 2 unspecified atom stereocenters.